The molecule has 184 valence electrons. The van der Waals surface area contributed by atoms with Crippen molar-refractivity contribution in [3.63, 3.8) is 0 Å². The van der Waals surface area contributed by atoms with Gasteiger partial charge in [0.1, 0.15) is 13.2 Å². The van der Waals surface area contributed by atoms with Crippen LogP contribution in [0, 0.1) is 0 Å². The van der Waals surface area contributed by atoms with Gasteiger partial charge in [-0.05, 0) is 48.2 Å². The number of imide groups is 1. The molecule has 1 heterocycles. The van der Waals surface area contributed by atoms with E-state index < -0.39 is 23.6 Å². The van der Waals surface area contributed by atoms with E-state index in [2.05, 4.69) is 5.32 Å². The van der Waals surface area contributed by atoms with Crippen LogP contribution in [0.2, 0.25) is 10.0 Å². The third-order valence-electron chi connectivity index (χ3n) is 5.14. The van der Waals surface area contributed by atoms with Crippen LogP contribution in [0.5, 0.6) is 11.5 Å². The zero-order valence-electron chi connectivity index (χ0n) is 19.0. The van der Waals surface area contributed by atoms with Crippen LogP contribution in [0.25, 0.3) is 6.08 Å². The average Bonchev–Trinajstić information content (AvgIpc) is 3.11. The Morgan fingerprint density at radius 3 is 2.56 bits per heavy atom. The summed E-state index contributed by atoms with van der Waals surface area (Å²) >= 11 is 13.0. The van der Waals surface area contributed by atoms with Crippen molar-refractivity contribution >= 4 is 63.8 Å². The number of carbonyl (C=O) groups is 3. The summed E-state index contributed by atoms with van der Waals surface area (Å²) in [5.41, 5.74) is 1.81. The van der Waals surface area contributed by atoms with Crippen LogP contribution in [0.4, 0.5) is 10.5 Å². The molecular weight excluding hydrogens is 523 g/mol. The molecule has 0 radical (unpaired) electrons. The highest BCUT2D eigenvalue weighted by molar-refractivity contribution is 8.18. The van der Waals surface area contributed by atoms with Crippen molar-refractivity contribution in [3.05, 3.63) is 92.8 Å². The summed E-state index contributed by atoms with van der Waals surface area (Å²) in [5, 5.41) is 3.10. The number of nitrogens with one attached hydrogen (secondary N) is 1. The molecule has 1 saturated heterocycles. The number of thioether (sulfide) groups is 1. The smallest absolute Gasteiger partial charge is 0.294 e. The monoisotopic (exact) mass is 542 g/mol. The number of carbonyl (C=O) groups excluding carboxylic acids is 3. The first-order chi connectivity index (χ1) is 17.4. The van der Waals surface area contributed by atoms with Crippen LogP contribution in [-0.2, 0) is 16.2 Å². The number of para-hydroxylation sites is 2. The summed E-state index contributed by atoms with van der Waals surface area (Å²) in [5.74, 6) is -0.229. The maximum Gasteiger partial charge on any atom is 0.294 e. The molecule has 0 aromatic heterocycles. The molecule has 1 N–H and O–H groups in total. The zero-order chi connectivity index (χ0) is 25.7. The summed E-state index contributed by atoms with van der Waals surface area (Å²) in [4.78, 5) is 38.9. The van der Waals surface area contributed by atoms with Crippen LogP contribution in [0.15, 0.2) is 71.6 Å². The number of ether oxygens (including phenoxy) is 2. The summed E-state index contributed by atoms with van der Waals surface area (Å²) in [6.45, 7) is -0.272. The lowest BCUT2D eigenvalue weighted by Gasteiger charge is -2.15. The van der Waals surface area contributed by atoms with Crippen molar-refractivity contribution < 1.29 is 23.9 Å². The van der Waals surface area contributed by atoms with Gasteiger partial charge in [-0.15, -0.1) is 0 Å². The van der Waals surface area contributed by atoms with E-state index in [1.54, 1.807) is 66.7 Å². The molecular formula is C26H20Cl2N2O5S. The van der Waals surface area contributed by atoms with E-state index in [1.165, 1.54) is 7.11 Å². The Morgan fingerprint density at radius 2 is 1.83 bits per heavy atom. The number of anilines is 1. The van der Waals surface area contributed by atoms with Gasteiger partial charge in [0.25, 0.3) is 11.1 Å². The van der Waals surface area contributed by atoms with Gasteiger partial charge in [0.2, 0.25) is 5.91 Å². The molecule has 3 aromatic rings. The fourth-order valence-electron chi connectivity index (χ4n) is 3.39. The van der Waals surface area contributed by atoms with Crippen LogP contribution < -0.4 is 14.8 Å². The SMILES string of the molecule is COc1cccc(/C=C2\SC(=O)N(CC(=O)Nc3ccccc3)C2=O)c1OCc1ccc(Cl)cc1Cl. The zero-order valence-corrected chi connectivity index (χ0v) is 21.3. The second kappa shape index (κ2) is 11.5. The van der Waals surface area contributed by atoms with E-state index >= 15 is 0 Å². The maximum atomic E-state index is 13.0. The van der Waals surface area contributed by atoms with Gasteiger partial charge in [0.05, 0.1) is 12.0 Å². The van der Waals surface area contributed by atoms with E-state index in [4.69, 9.17) is 32.7 Å². The maximum absolute atomic E-state index is 13.0. The summed E-state index contributed by atoms with van der Waals surface area (Å²) in [6, 6.07) is 19.1. The second-order valence-electron chi connectivity index (χ2n) is 7.59. The first-order valence-corrected chi connectivity index (χ1v) is 12.3. The number of benzene rings is 3. The Morgan fingerprint density at radius 1 is 1.06 bits per heavy atom. The number of halogens is 2. The van der Waals surface area contributed by atoms with E-state index in [0.717, 1.165) is 16.7 Å². The Hall–Kier alpha value is -3.46. The van der Waals surface area contributed by atoms with Crippen molar-refractivity contribution in [2.75, 3.05) is 19.0 Å². The minimum absolute atomic E-state index is 0.123. The van der Waals surface area contributed by atoms with Gasteiger partial charge in [0, 0.05) is 26.9 Å². The molecule has 0 spiro atoms. The molecule has 3 amide bonds. The molecule has 1 aliphatic rings. The van der Waals surface area contributed by atoms with E-state index in [9.17, 15) is 14.4 Å². The minimum Gasteiger partial charge on any atom is -0.493 e. The fraction of sp³-hybridized carbons (Fsp3) is 0.115. The van der Waals surface area contributed by atoms with Gasteiger partial charge < -0.3 is 14.8 Å². The van der Waals surface area contributed by atoms with E-state index in [-0.39, 0.29) is 11.5 Å². The molecule has 0 saturated carbocycles. The molecule has 10 heteroatoms. The third kappa shape index (κ3) is 6.02. The molecule has 0 unspecified atom stereocenters. The van der Waals surface area contributed by atoms with Gasteiger partial charge in [0.15, 0.2) is 11.5 Å². The molecule has 4 rings (SSSR count). The van der Waals surface area contributed by atoms with Gasteiger partial charge in [-0.3, -0.25) is 19.3 Å². The van der Waals surface area contributed by atoms with Gasteiger partial charge in [-0.2, -0.15) is 0 Å². The summed E-state index contributed by atoms with van der Waals surface area (Å²) < 4.78 is 11.5. The molecule has 3 aromatic carbocycles. The standard InChI is InChI=1S/C26H20Cl2N2O5S/c1-34-21-9-5-6-16(24(21)35-15-17-10-11-18(27)13-20(17)28)12-22-25(32)30(26(33)36-22)14-23(31)29-19-7-3-2-4-8-19/h2-13H,14-15H2,1H3,(H,29,31)/b22-12-. The minimum atomic E-state index is -0.567. The Balaban J connectivity index is 1.53. The van der Waals surface area contributed by atoms with E-state index in [0.29, 0.717) is 38.4 Å². The third-order valence-corrected chi connectivity index (χ3v) is 6.63. The second-order valence-corrected chi connectivity index (χ2v) is 9.42. The molecule has 1 aliphatic heterocycles. The van der Waals surface area contributed by atoms with Crippen LogP contribution in [-0.4, -0.2) is 35.6 Å². The van der Waals surface area contributed by atoms with Gasteiger partial charge in [-0.1, -0.05) is 59.6 Å². The van der Waals surface area contributed by atoms with E-state index in [1.807, 2.05) is 6.07 Å². The highest BCUT2D eigenvalue weighted by Gasteiger charge is 2.36. The quantitative estimate of drug-likeness (QED) is 0.338. The Labute approximate surface area is 222 Å². The molecule has 0 aliphatic carbocycles. The van der Waals surface area contributed by atoms with Crippen LogP contribution in [0.1, 0.15) is 11.1 Å². The lowest BCUT2D eigenvalue weighted by atomic mass is 10.1. The normalized spacial score (nSPS) is 14.3. The number of rotatable bonds is 8. The van der Waals surface area contributed by atoms with Gasteiger partial charge in [-0.25, -0.2) is 0 Å². The predicted molar refractivity (Wildman–Crippen MR) is 142 cm³/mol. The lowest BCUT2D eigenvalue weighted by molar-refractivity contribution is -0.127. The fourth-order valence-corrected chi connectivity index (χ4v) is 4.69. The summed E-state index contributed by atoms with van der Waals surface area (Å²) in [7, 11) is 1.50. The average molecular weight is 543 g/mol. The van der Waals surface area contributed by atoms with Crippen LogP contribution >= 0.6 is 35.0 Å². The highest BCUT2D eigenvalue weighted by Crippen LogP contribution is 2.38. The summed E-state index contributed by atoms with van der Waals surface area (Å²) in [6.07, 6.45) is 1.54. The lowest BCUT2D eigenvalue weighted by Crippen LogP contribution is -2.36. The first kappa shape index (κ1) is 25.6. The molecule has 1 fully saturated rings. The van der Waals surface area contributed by atoms with Crippen molar-refractivity contribution in [2.45, 2.75) is 6.61 Å². The predicted octanol–water partition coefficient (Wildman–Crippen LogP) is 6.26. The molecule has 0 bridgehead atoms. The molecule has 7 nitrogen and oxygen atoms in total. The van der Waals surface area contributed by atoms with Gasteiger partial charge >= 0.3 is 0 Å². The van der Waals surface area contributed by atoms with Crippen molar-refractivity contribution in [2.24, 2.45) is 0 Å². The number of hydrogen-bond donors (Lipinski definition) is 1. The highest BCUT2D eigenvalue weighted by atomic mass is 35.5. The van der Waals surface area contributed by atoms with Crippen molar-refractivity contribution in [3.8, 4) is 11.5 Å². The molecule has 36 heavy (non-hydrogen) atoms. The topological polar surface area (TPSA) is 84.9 Å². The number of nitrogens with zero attached hydrogens (tertiary/aromatic N) is 1. The van der Waals surface area contributed by atoms with Crippen LogP contribution in [0.3, 0.4) is 0 Å². The number of amides is 3. The number of methoxy groups -OCH3 is 1. The molecule has 0 atom stereocenters. The Kier molecular flexibility index (Phi) is 8.20. The van der Waals surface area contributed by atoms with Crippen molar-refractivity contribution in [1.82, 2.24) is 4.90 Å². The number of hydrogen-bond acceptors (Lipinski definition) is 6. The Bertz CT molecular complexity index is 1350. The van der Waals surface area contributed by atoms with Crippen molar-refractivity contribution in [1.29, 1.82) is 0 Å². The first-order valence-electron chi connectivity index (χ1n) is 10.7. The largest absolute Gasteiger partial charge is 0.493 e.